The first-order valence-electron chi connectivity index (χ1n) is 8.44. The zero-order valence-corrected chi connectivity index (χ0v) is 14.1. The maximum absolute atomic E-state index is 12.5. The lowest BCUT2D eigenvalue weighted by Crippen LogP contribution is -2.47. The lowest BCUT2D eigenvalue weighted by atomic mass is 10.3. The molecule has 0 aromatic carbocycles. The first kappa shape index (κ1) is 16.1. The summed E-state index contributed by atoms with van der Waals surface area (Å²) in [6.07, 6.45) is 3.37. The molecule has 2 saturated heterocycles. The van der Waals surface area contributed by atoms with Gasteiger partial charge >= 0.3 is 0 Å². The highest BCUT2D eigenvalue weighted by Crippen LogP contribution is 2.13. The quantitative estimate of drug-likeness (QED) is 0.782. The first-order valence-corrected chi connectivity index (χ1v) is 8.44. The molecule has 0 aliphatic carbocycles. The van der Waals surface area contributed by atoms with E-state index in [-0.39, 0.29) is 5.91 Å². The monoisotopic (exact) mass is 318 g/mol. The van der Waals surface area contributed by atoms with Crippen LogP contribution in [0.25, 0.3) is 0 Å². The van der Waals surface area contributed by atoms with Crippen molar-refractivity contribution in [2.45, 2.75) is 6.92 Å². The van der Waals surface area contributed by atoms with Gasteiger partial charge in [-0.1, -0.05) is 6.92 Å². The largest absolute Gasteiger partial charge is 0.353 e. The van der Waals surface area contributed by atoms with Crippen molar-refractivity contribution in [3.05, 3.63) is 18.1 Å². The molecule has 2 fully saturated rings. The number of amides is 1. The molecule has 2 aliphatic heterocycles. The SMILES string of the molecule is CCN1CCN(c2cnc(C(=O)N3CCN(C)CC3)cn2)CC1. The van der Waals surface area contributed by atoms with Crippen LogP contribution >= 0.6 is 0 Å². The van der Waals surface area contributed by atoms with Crippen LogP contribution in [0.2, 0.25) is 0 Å². The van der Waals surface area contributed by atoms with Crippen LogP contribution in [-0.2, 0) is 0 Å². The van der Waals surface area contributed by atoms with Gasteiger partial charge in [-0.15, -0.1) is 0 Å². The summed E-state index contributed by atoms with van der Waals surface area (Å²) in [5, 5.41) is 0. The molecule has 0 bridgehead atoms. The van der Waals surface area contributed by atoms with Crippen LogP contribution in [0.1, 0.15) is 17.4 Å². The molecule has 1 aromatic rings. The van der Waals surface area contributed by atoms with E-state index in [0.717, 1.165) is 64.7 Å². The second-order valence-electron chi connectivity index (χ2n) is 6.28. The Hall–Kier alpha value is -1.73. The Morgan fingerprint density at radius 1 is 1.00 bits per heavy atom. The van der Waals surface area contributed by atoms with Crippen molar-refractivity contribution >= 4 is 11.7 Å². The van der Waals surface area contributed by atoms with E-state index in [1.807, 2.05) is 4.90 Å². The highest BCUT2D eigenvalue weighted by molar-refractivity contribution is 5.92. The maximum Gasteiger partial charge on any atom is 0.274 e. The highest BCUT2D eigenvalue weighted by atomic mass is 16.2. The van der Waals surface area contributed by atoms with Crippen LogP contribution in [-0.4, -0.2) is 96.5 Å². The number of likely N-dealkylation sites (N-methyl/N-ethyl adjacent to an activating group) is 2. The lowest BCUT2D eigenvalue weighted by Gasteiger charge is -2.34. The van der Waals surface area contributed by atoms with Crippen molar-refractivity contribution in [1.29, 1.82) is 0 Å². The first-order chi connectivity index (χ1) is 11.2. The number of carbonyl (C=O) groups is 1. The van der Waals surface area contributed by atoms with Gasteiger partial charge in [0.1, 0.15) is 11.5 Å². The van der Waals surface area contributed by atoms with E-state index in [4.69, 9.17) is 0 Å². The zero-order chi connectivity index (χ0) is 16.2. The molecular formula is C16H26N6O. The summed E-state index contributed by atoms with van der Waals surface area (Å²) in [6.45, 7) is 10.7. The summed E-state index contributed by atoms with van der Waals surface area (Å²) in [4.78, 5) is 30.1. The minimum absolute atomic E-state index is 0.00653. The van der Waals surface area contributed by atoms with Gasteiger partial charge in [-0.3, -0.25) is 4.79 Å². The summed E-state index contributed by atoms with van der Waals surface area (Å²) >= 11 is 0. The fourth-order valence-electron chi connectivity index (χ4n) is 3.06. The molecule has 0 radical (unpaired) electrons. The van der Waals surface area contributed by atoms with Crippen LogP contribution in [0, 0.1) is 0 Å². The maximum atomic E-state index is 12.5. The van der Waals surface area contributed by atoms with Crippen molar-refractivity contribution in [2.24, 2.45) is 0 Å². The van der Waals surface area contributed by atoms with E-state index in [1.54, 1.807) is 12.4 Å². The van der Waals surface area contributed by atoms with Crippen molar-refractivity contribution in [2.75, 3.05) is 70.9 Å². The van der Waals surface area contributed by atoms with E-state index in [9.17, 15) is 4.79 Å². The Morgan fingerprint density at radius 3 is 2.26 bits per heavy atom. The lowest BCUT2D eigenvalue weighted by molar-refractivity contribution is 0.0658. The number of rotatable bonds is 3. The van der Waals surface area contributed by atoms with Gasteiger partial charge in [0.05, 0.1) is 12.4 Å². The van der Waals surface area contributed by atoms with Gasteiger partial charge in [-0.25, -0.2) is 9.97 Å². The number of piperazine rings is 2. The third kappa shape index (κ3) is 3.79. The van der Waals surface area contributed by atoms with E-state index in [2.05, 4.69) is 38.6 Å². The van der Waals surface area contributed by atoms with E-state index < -0.39 is 0 Å². The third-order valence-corrected chi connectivity index (χ3v) is 4.79. The summed E-state index contributed by atoms with van der Waals surface area (Å²) < 4.78 is 0. The number of hydrogen-bond donors (Lipinski definition) is 0. The number of nitrogens with zero attached hydrogens (tertiary/aromatic N) is 6. The van der Waals surface area contributed by atoms with Crippen LogP contribution in [0.15, 0.2) is 12.4 Å². The fraction of sp³-hybridized carbons (Fsp3) is 0.688. The van der Waals surface area contributed by atoms with Crippen LogP contribution in [0.5, 0.6) is 0 Å². The smallest absolute Gasteiger partial charge is 0.274 e. The second-order valence-corrected chi connectivity index (χ2v) is 6.28. The van der Waals surface area contributed by atoms with Gasteiger partial charge in [0.25, 0.3) is 5.91 Å². The molecule has 1 aromatic heterocycles. The number of anilines is 1. The van der Waals surface area contributed by atoms with Crippen LogP contribution < -0.4 is 4.90 Å². The molecule has 7 nitrogen and oxygen atoms in total. The summed E-state index contributed by atoms with van der Waals surface area (Å²) in [5.74, 6) is 0.864. The van der Waals surface area contributed by atoms with Crippen molar-refractivity contribution in [3.63, 3.8) is 0 Å². The summed E-state index contributed by atoms with van der Waals surface area (Å²) in [5.41, 5.74) is 0.450. The molecule has 0 saturated carbocycles. The standard InChI is InChI=1S/C16H26N6O/c1-3-20-6-10-21(11-7-20)15-13-17-14(12-18-15)16(23)22-8-4-19(2)5-9-22/h12-13H,3-11H2,1-2H3. The number of aromatic nitrogens is 2. The van der Waals surface area contributed by atoms with Gasteiger partial charge < -0.3 is 19.6 Å². The van der Waals surface area contributed by atoms with E-state index in [1.165, 1.54) is 0 Å². The average molecular weight is 318 g/mol. The number of carbonyl (C=O) groups excluding carboxylic acids is 1. The van der Waals surface area contributed by atoms with Crippen LogP contribution in [0.3, 0.4) is 0 Å². The molecule has 126 valence electrons. The fourth-order valence-corrected chi connectivity index (χ4v) is 3.06. The molecular weight excluding hydrogens is 292 g/mol. The predicted octanol–water partition coefficient (Wildman–Crippen LogP) is 0.00610. The molecule has 3 rings (SSSR count). The molecule has 0 atom stereocenters. The molecule has 7 heteroatoms. The van der Waals surface area contributed by atoms with E-state index >= 15 is 0 Å². The minimum Gasteiger partial charge on any atom is -0.353 e. The van der Waals surface area contributed by atoms with Gasteiger partial charge in [-0.2, -0.15) is 0 Å². The summed E-state index contributed by atoms with van der Waals surface area (Å²) in [7, 11) is 2.08. The number of hydrogen-bond acceptors (Lipinski definition) is 6. The molecule has 0 N–H and O–H groups in total. The van der Waals surface area contributed by atoms with Gasteiger partial charge in [-0.05, 0) is 13.6 Å². The highest BCUT2D eigenvalue weighted by Gasteiger charge is 2.22. The molecule has 1 amide bonds. The Kier molecular flexibility index (Phi) is 5.07. The summed E-state index contributed by atoms with van der Waals surface area (Å²) in [6, 6.07) is 0. The zero-order valence-electron chi connectivity index (χ0n) is 14.1. The normalized spacial score (nSPS) is 20.8. The van der Waals surface area contributed by atoms with Crippen molar-refractivity contribution < 1.29 is 4.79 Å². The minimum atomic E-state index is -0.00653. The Bertz CT molecular complexity index is 518. The van der Waals surface area contributed by atoms with Gasteiger partial charge in [0.2, 0.25) is 0 Å². The molecule has 2 aliphatic rings. The second kappa shape index (κ2) is 7.23. The predicted molar refractivity (Wildman–Crippen MR) is 89.8 cm³/mol. The van der Waals surface area contributed by atoms with Gasteiger partial charge in [0, 0.05) is 52.4 Å². The Labute approximate surface area is 137 Å². The molecule has 3 heterocycles. The molecule has 0 spiro atoms. The Balaban J connectivity index is 1.60. The van der Waals surface area contributed by atoms with Crippen molar-refractivity contribution in [1.82, 2.24) is 24.7 Å². The Morgan fingerprint density at radius 2 is 1.70 bits per heavy atom. The van der Waals surface area contributed by atoms with Crippen LogP contribution in [0.4, 0.5) is 5.82 Å². The third-order valence-electron chi connectivity index (χ3n) is 4.79. The average Bonchev–Trinajstić information content (AvgIpc) is 2.62. The van der Waals surface area contributed by atoms with Crippen molar-refractivity contribution in [3.8, 4) is 0 Å². The topological polar surface area (TPSA) is 55.8 Å². The molecule has 23 heavy (non-hydrogen) atoms. The van der Waals surface area contributed by atoms with E-state index in [0.29, 0.717) is 5.69 Å². The molecule has 0 unspecified atom stereocenters. The van der Waals surface area contributed by atoms with Gasteiger partial charge in [0.15, 0.2) is 0 Å².